The lowest BCUT2D eigenvalue weighted by Gasteiger charge is -2.07. The molecule has 0 aliphatic rings. The molecule has 98 valence electrons. The Bertz CT molecular complexity index is 524. The fourth-order valence-electron chi connectivity index (χ4n) is 1.52. The number of carbonyl (C=O) groups is 1. The van der Waals surface area contributed by atoms with Gasteiger partial charge in [-0.15, -0.1) is 0 Å². The van der Waals surface area contributed by atoms with Crippen LogP contribution >= 0.6 is 0 Å². The van der Waals surface area contributed by atoms with E-state index in [-0.39, 0.29) is 5.91 Å². The SMILES string of the molecule is CCC(=O)Nc1ccc(OCc2ccccn2)cc1. The lowest BCUT2D eigenvalue weighted by atomic mass is 10.3. The van der Waals surface area contributed by atoms with Gasteiger partial charge in [-0.25, -0.2) is 0 Å². The Morgan fingerprint density at radius 3 is 2.63 bits per heavy atom. The number of pyridine rings is 1. The van der Waals surface area contributed by atoms with Crippen molar-refractivity contribution < 1.29 is 9.53 Å². The molecule has 4 heteroatoms. The summed E-state index contributed by atoms with van der Waals surface area (Å²) in [4.78, 5) is 15.4. The van der Waals surface area contributed by atoms with Crippen LogP contribution in [0, 0.1) is 0 Å². The molecule has 0 spiro atoms. The number of ether oxygens (including phenoxy) is 1. The van der Waals surface area contributed by atoms with Gasteiger partial charge in [0.25, 0.3) is 0 Å². The summed E-state index contributed by atoms with van der Waals surface area (Å²) in [7, 11) is 0. The lowest BCUT2D eigenvalue weighted by molar-refractivity contribution is -0.115. The average Bonchev–Trinajstić information content (AvgIpc) is 2.47. The van der Waals surface area contributed by atoms with Gasteiger partial charge in [0.1, 0.15) is 12.4 Å². The molecule has 1 amide bonds. The predicted molar refractivity (Wildman–Crippen MR) is 73.9 cm³/mol. The molecule has 1 N–H and O–H groups in total. The molecule has 4 nitrogen and oxygen atoms in total. The summed E-state index contributed by atoms with van der Waals surface area (Å²) < 4.78 is 5.60. The first-order valence-electron chi connectivity index (χ1n) is 6.20. The van der Waals surface area contributed by atoms with Crippen molar-refractivity contribution in [2.24, 2.45) is 0 Å². The van der Waals surface area contributed by atoms with E-state index in [4.69, 9.17) is 4.74 Å². The predicted octanol–water partition coefficient (Wildman–Crippen LogP) is 3.01. The quantitative estimate of drug-likeness (QED) is 0.894. The highest BCUT2D eigenvalue weighted by atomic mass is 16.5. The van der Waals surface area contributed by atoms with E-state index >= 15 is 0 Å². The highest BCUT2D eigenvalue weighted by molar-refractivity contribution is 5.90. The first-order valence-corrected chi connectivity index (χ1v) is 6.20. The largest absolute Gasteiger partial charge is 0.487 e. The zero-order chi connectivity index (χ0) is 13.5. The fraction of sp³-hybridized carbons (Fsp3) is 0.200. The third-order valence-corrected chi connectivity index (χ3v) is 2.57. The van der Waals surface area contributed by atoms with Crippen molar-refractivity contribution in [3.63, 3.8) is 0 Å². The number of hydrogen-bond donors (Lipinski definition) is 1. The number of rotatable bonds is 5. The van der Waals surface area contributed by atoms with Gasteiger partial charge in [0.15, 0.2) is 0 Å². The zero-order valence-electron chi connectivity index (χ0n) is 10.8. The van der Waals surface area contributed by atoms with Crippen LogP contribution in [0.2, 0.25) is 0 Å². The number of benzene rings is 1. The second kappa shape index (κ2) is 6.54. The summed E-state index contributed by atoms with van der Waals surface area (Å²) in [5, 5.41) is 2.79. The molecule has 0 radical (unpaired) electrons. The van der Waals surface area contributed by atoms with Crippen molar-refractivity contribution in [2.75, 3.05) is 5.32 Å². The van der Waals surface area contributed by atoms with Crippen molar-refractivity contribution in [2.45, 2.75) is 20.0 Å². The number of carbonyl (C=O) groups excluding carboxylic acids is 1. The van der Waals surface area contributed by atoms with E-state index in [1.807, 2.05) is 49.4 Å². The summed E-state index contributed by atoms with van der Waals surface area (Å²) >= 11 is 0. The monoisotopic (exact) mass is 256 g/mol. The molecular weight excluding hydrogens is 240 g/mol. The van der Waals surface area contributed by atoms with E-state index < -0.39 is 0 Å². The Morgan fingerprint density at radius 2 is 2.00 bits per heavy atom. The van der Waals surface area contributed by atoms with Gasteiger partial charge in [0.05, 0.1) is 5.69 Å². The first-order chi connectivity index (χ1) is 9.28. The van der Waals surface area contributed by atoms with Crippen molar-refractivity contribution in [3.8, 4) is 5.75 Å². The van der Waals surface area contributed by atoms with E-state index in [1.54, 1.807) is 6.20 Å². The van der Waals surface area contributed by atoms with Gasteiger partial charge in [-0.1, -0.05) is 13.0 Å². The molecule has 19 heavy (non-hydrogen) atoms. The van der Waals surface area contributed by atoms with Gasteiger partial charge in [-0.2, -0.15) is 0 Å². The van der Waals surface area contributed by atoms with Crippen LogP contribution < -0.4 is 10.1 Å². The van der Waals surface area contributed by atoms with E-state index in [2.05, 4.69) is 10.3 Å². The molecule has 0 saturated heterocycles. The minimum Gasteiger partial charge on any atom is -0.487 e. The number of hydrogen-bond acceptors (Lipinski definition) is 3. The van der Waals surface area contributed by atoms with Gasteiger partial charge < -0.3 is 10.1 Å². The first kappa shape index (κ1) is 13.1. The van der Waals surface area contributed by atoms with Crippen molar-refractivity contribution in [1.82, 2.24) is 4.98 Å². The smallest absolute Gasteiger partial charge is 0.224 e. The standard InChI is InChI=1S/C15H16N2O2/c1-2-15(18)17-12-6-8-14(9-7-12)19-11-13-5-3-4-10-16-13/h3-10H,2,11H2,1H3,(H,17,18). The number of amides is 1. The number of nitrogens with zero attached hydrogens (tertiary/aromatic N) is 1. The third kappa shape index (κ3) is 4.10. The molecular formula is C15H16N2O2. The maximum Gasteiger partial charge on any atom is 0.224 e. The molecule has 0 atom stereocenters. The van der Waals surface area contributed by atoms with Gasteiger partial charge >= 0.3 is 0 Å². The molecule has 0 aliphatic carbocycles. The van der Waals surface area contributed by atoms with Gasteiger partial charge in [-0.3, -0.25) is 9.78 Å². The molecule has 0 bridgehead atoms. The summed E-state index contributed by atoms with van der Waals surface area (Å²) in [5.41, 5.74) is 1.66. The minimum atomic E-state index is 0.00199. The van der Waals surface area contributed by atoms with E-state index in [0.717, 1.165) is 17.1 Å². The van der Waals surface area contributed by atoms with Crippen LogP contribution in [0.4, 0.5) is 5.69 Å². The number of aromatic nitrogens is 1. The maximum absolute atomic E-state index is 11.2. The summed E-state index contributed by atoms with van der Waals surface area (Å²) in [5.74, 6) is 0.752. The maximum atomic E-state index is 11.2. The molecule has 1 aromatic heterocycles. The van der Waals surface area contributed by atoms with Crippen LogP contribution in [-0.2, 0) is 11.4 Å². The minimum absolute atomic E-state index is 0.00199. The van der Waals surface area contributed by atoms with Gasteiger partial charge in [0.2, 0.25) is 5.91 Å². The van der Waals surface area contributed by atoms with Crippen molar-refractivity contribution in [3.05, 3.63) is 54.4 Å². The Labute approximate surface area is 112 Å². The summed E-state index contributed by atoms with van der Waals surface area (Å²) in [6.07, 6.45) is 2.21. The topological polar surface area (TPSA) is 51.2 Å². The average molecular weight is 256 g/mol. The highest BCUT2D eigenvalue weighted by Gasteiger charge is 2.00. The van der Waals surface area contributed by atoms with Crippen LogP contribution in [-0.4, -0.2) is 10.9 Å². The van der Waals surface area contributed by atoms with E-state index in [1.165, 1.54) is 0 Å². The molecule has 2 aromatic rings. The van der Waals surface area contributed by atoms with Crippen LogP contribution in [0.5, 0.6) is 5.75 Å². The second-order valence-corrected chi connectivity index (χ2v) is 4.04. The Hall–Kier alpha value is -2.36. The number of nitrogens with one attached hydrogen (secondary N) is 1. The summed E-state index contributed by atoms with van der Waals surface area (Å²) in [6, 6.07) is 13.0. The fourth-order valence-corrected chi connectivity index (χ4v) is 1.52. The van der Waals surface area contributed by atoms with Gasteiger partial charge in [-0.05, 0) is 36.4 Å². The highest BCUT2D eigenvalue weighted by Crippen LogP contribution is 2.16. The normalized spacial score (nSPS) is 9.95. The van der Waals surface area contributed by atoms with Crippen LogP contribution in [0.15, 0.2) is 48.7 Å². The lowest BCUT2D eigenvalue weighted by Crippen LogP contribution is -2.09. The van der Waals surface area contributed by atoms with Crippen molar-refractivity contribution >= 4 is 11.6 Å². The van der Waals surface area contributed by atoms with Crippen molar-refractivity contribution in [1.29, 1.82) is 0 Å². The summed E-state index contributed by atoms with van der Waals surface area (Å²) in [6.45, 7) is 2.25. The molecule has 1 aromatic carbocycles. The van der Waals surface area contributed by atoms with Crippen LogP contribution in [0.3, 0.4) is 0 Å². The Morgan fingerprint density at radius 1 is 1.21 bits per heavy atom. The van der Waals surface area contributed by atoms with E-state index in [9.17, 15) is 4.79 Å². The molecule has 0 saturated carbocycles. The van der Waals surface area contributed by atoms with Gasteiger partial charge in [0, 0.05) is 18.3 Å². The molecule has 0 fully saturated rings. The second-order valence-electron chi connectivity index (χ2n) is 4.04. The number of anilines is 1. The molecule has 0 unspecified atom stereocenters. The zero-order valence-corrected chi connectivity index (χ0v) is 10.8. The third-order valence-electron chi connectivity index (χ3n) is 2.57. The molecule has 0 aliphatic heterocycles. The van der Waals surface area contributed by atoms with Crippen LogP contribution in [0.1, 0.15) is 19.0 Å². The Balaban J connectivity index is 1.90. The molecule has 2 rings (SSSR count). The Kier molecular flexibility index (Phi) is 4.50. The molecule has 1 heterocycles. The van der Waals surface area contributed by atoms with E-state index in [0.29, 0.717) is 13.0 Å². The van der Waals surface area contributed by atoms with Crippen LogP contribution in [0.25, 0.3) is 0 Å².